The maximum atomic E-state index is 13.5. The first-order valence-corrected chi connectivity index (χ1v) is 14.5. The van der Waals surface area contributed by atoms with E-state index < -0.39 is 23.7 Å². The van der Waals surface area contributed by atoms with E-state index in [4.69, 9.17) is 14.2 Å². The molecule has 0 radical (unpaired) electrons. The molecule has 0 spiro atoms. The van der Waals surface area contributed by atoms with E-state index in [0.29, 0.717) is 41.5 Å². The zero-order valence-corrected chi connectivity index (χ0v) is 24.5. The molecule has 41 heavy (non-hydrogen) atoms. The monoisotopic (exact) mass is 578 g/mol. The Hall–Kier alpha value is -4.18. The third-order valence-corrected chi connectivity index (χ3v) is 7.58. The van der Waals surface area contributed by atoms with Gasteiger partial charge in [0.2, 0.25) is 0 Å². The third-order valence-electron chi connectivity index (χ3n) is 6.44. The number of esters is 1. The van der Waals surface area contributed by atoms with Gasteiger partial charge in [0.1, 0.15) is 22.1 Å². The molecule has 1 aromatic heterocycles. The van der Waals surface area contributed by atoms with Crippen LogP contribution in [0.3, 0.4) is 0 Å². The Morgan fingerprint density at radius 1 is 1.00 bits per heavy atom. The standard InChI is InChI=1S/C31H34N2O7S/c1-5-8-17-40-23-11-9-10-21(18-23)26(34)24-25(20-12-14-22(15-13-20)39-16-6-2)33(29(36)27(24)35)31-32-19(4)28(41-31)30(37)38-7-3/h9-15,18,25,34H,5-8,16-17H2,1-4H3/b26-24+. The molecule has 216 valence electrons. The molecule has 2 heterocycles. The molecular formula is C31H34N2O7S. The number of hydrogen-bond acceptors (Lipinski definition) is 9. The van der Waals surface area contributed by atoms with Crippen molar-refractivity contribution in [1.29, 1.82) is 0 Å². The predicted molar refractivity (Wildman–Crippen MR) is 157 cm³/mol. The van der Waals surface area contributed by atoms with E-state index in [-0.39, 0.29) is 27.9 Å². The second kappa shape index (κ2) is 13.5. The van der Waals surface area contributed by atoms with Crippen molar-refractivity contribution in [3.05, 3.63) is 75.8 Å². The molecule has 0 bridgehead atoms. The van der Waals surface area contributed by atoms with Crippen LogP contribution < -0.4 is 14.4 Å². The van der Waals surface area contributed by atoms with Crippen LogP contribution in [0.4, 0.5) is 5.13 Å². The van der Waals surface area contributed by atoms with Crippen LogP contribution in [0.25, 0.3) is 5.76 Å². The molecular weight excluding hydrogens is 544 g/mol. The number of amides is 1. The number of aromatic nitrogens is 1. The number of unbranched alkanes of at least 4 members (excludes halogenated alkanes) is 1. The van der Waals surface area contributed by atoms with Gasteiger partial charge < -0.3 is 19.3 Å². The molecule has 1 aliphatic heterocycles. The summed E-state index contributed by atoms with van der Waals surface area (Å²) in [7, 11) is 0. The minimum absolute atomic E-state index is 0.0894. The average Bonchev–Trinajstić information content (AvgIpc) is 3.48. The number of Topliss-reactive ketones (excluding diaryl/α,β-unsaturated/α-hetero) is 1. The maximum absolute atomic E-state index is 13.5. The second-order valence-electron chi connectivity index (χ2n) is 9.45. The summed E-state index contributed by atoms with van der Waals surface area (Å²) in [5.74, 6) is -1.43. The van der Waals surface area contributed by atoms with Gasteiger partial charge in [0.15, 0.2) is 5.13 Å². The van der Waals surface area contributed by atoms with Crippen LogP contribution in [-0.4, -0.2) is 47.6 Å². The maximum Gasteiger partial charge on any atom is 0.350 e. The van der Waals surface area contributed by atoms with Gasteiger partial charge in [-0.3, -0.25) is 14.5 Å². The van der Waals surface area contributed by atoms with Crippen LogP contribution in [0, 0.1) is 6.92 Å². The fraction of sp³-hybridized carbons (Fsp3) is 0.355. The fourth-order valence-corrected chi connectivity index (χ4v) is 5.39. The lowest BCUT2D eigenvalue weighted by atomic mass is 9.95. The predicted octanol–water partition coefficient (Wildman–Crippen LogP) is 6.22. The Balaban J connectivity index is 1.83. The Labute approximate surface area is 243 Å². The minimum Gasteiger partial charge on any atom is -0.507 e. The number of nitrogens with zero attached hydrogens (tertiary/aromatic N) is 2. The number of aliphatic hydroxyl groups is 1. The number of ether oxygens (including phenoxy) is 3. The first kappa shape index (κ1) is 29.8. The van der Waals surface area contributed by atoms with Gasteiger partial charge in [-0.05, 0) is 56.5 Å². The summed E-state index contributed by atoms with van der Waals surface area (Å²) in [5, 5.41) is 11.7. The summed E-state index contributed by atoms with van der Waals surface area (Å²) in [4.78, 5) is 45.5. The molecule has 1 saturated heterocycles. The number of benzene rings is 2. The molecule has 1 amide bonds. The highest BCUT2D eigenvalue weighted by Gasteiger charge is 2.48. The molecule has 1 N–H and O–H groups in total. The number of carbonyl (C=O) groups is 3. The molecule has 0 saturated carbocycles. The highest BCUT2D eigenvalue weighted by molar-refractivity contribution is 7.17. The van der Waals surface area contributed by atoms with Crippen LogP contribution in [0.15, 0.2) is 54.1 Å². The summed E-state index contributed by atoms with van der Waals surface area (Å²) >= 11 is 0.965. The van der Waals surface area contributed by atoms with Gasteiger partial charge >= 0.3 is 11.9 Å². The lowest BCUT2D eigenvalue weighted by Crippen LogP contribution is -2.29. The van der Waals surface area contributed by atoms with E-state index in [1.165, 1.54) is 4.90 Å². The first-order valence-electron chi connectivity index (χ1n) is 13.7. The van der Waals surface area contributed by atoms with Gasteiger partial charge in [-0.2, -0.15) is 0 Å². The van der Waals surface area contributed by atoms with E-state index in [0.717, 1.165) is 30.6 Å². The highest BCUT2D eigenvalue weighted by atomic mass is 32.1. The molecule has 0 aliphatic carbocycles. The molecule has 2 aromatic carbocycles. The van der Waals surface area contributed by atoms with E-state index in [1.807, 2.05) is 6.92 Å². The molecule has 9 nitrogen and oxygen atoms in total. The Morgan fingerprint density at radius 2 is 1.73 bits per heavy atom. The SMILES string of the molecule is CCCCOc1cccc(/C(O)=C2\C(=O)C(=O)N(c3nc(C)c(C(=O)OCC)s3)C2c2ccc(OCCC)cc2)c1. The average molecular weight is 579 g/mol. The highest BCUT2D eigenvalue weighted by Crippen LogP contribution is 2.44. The topological polar surface area (TPSA) is 115 Å². The summed E-state index contributed by atoms with van der Waals surface area (Å²) in [6.07, 6.45) is 2.69. The number of anilines is 1. The van der Waals surface area contributed by atoms with Crippen molar-refractivity contribution in [2.24, 2.45) is 0 Å². The van der Waals surface area contributed by atoms with Crippen molar-refractivity contribution in [2.75, 3.05) is 24.7 Å². The van der Waals surface area contributed by atoms with E-state index in [1.54, 1.807) is 62.4 Å². The number of carbonyl (C=O) groups excluding carboxylic acids is 3. The van der Waals surface area contributed by atoms with Crippen molar-refractivity contribution in [1.82, 2.24) is 4.98 Å². The number of thiazole rings is 1. The quantitative estimate of drug-likeness (QED) is 0.0885. The van der Waals surface area contributed by atoms with Gasteiger partial charge in [-0.25, -0.2) is 9.78 Å². The normalized spacial score (nSPS) is 16.2. The molecule has 1 aliphatic rings. The van der Waals surface area contributed by atoms with Crippen LogP contribution in [0.1, 0.15) is 72.6 Å². The second-order valence-corrected chi connectivity index (χ2v) is 10.4. The van der Waals surface area contributed by atoms with E-state index in [9.17, 15) is 19.5 Å². The number of rotatable bonds is 12. The molecule has 3 aromatic rings. The number of aliphatic hydroxyl groups excluding tert-OH is 1. The largest absolute Gasteiger partial charge is 0.507 e. The van der Waals surface area contributed by atoms with Crippen molar-refractivity contribution in [2.45, 2.75) is 53.0 Å². The summed E-state index contributed by atoms with van der Waals surface area (Å²) < 4.78 is 16.6. The smallest absolute Gasteiger partial charge is 0.350 e. The summed E-state index contributed by atoms with van der Waals surface area (Å²) in [5.41, 5.74) is 1.20. The summed E-state index contributed by atoms with van der Waals surface area (Å²) in [6, 6.07) is 12.8. The van der Waals surface area contributed by atoms with Crippen LogP contribution in [0.5, 0.6) is 11.5 Å². The van der Waals surface area contributed by atoms with Crippen molar-refractivity contribution < 1.29 is 33.7 Å². The minimum atomic E-state index is -1.000. The number of ketones is 1. The zero-order chi connectivity index (χ0) is 29.5. The Bertz CT molecular complexity index is 1440. The first-order chi connectivity index (χ1) is 19.8. The van der Waals surface area contributed by atoms with Gasteiger partial charge in [-0.15, -0.1) is 0 Å². The Morgan fingerprint density at radius 3 is 2.41 bits per heavy atom. The molecule has 1 unspecified atom stereocenters. The van der Waals surface area contributed by atoms with Crippen molar-refractivity contribution in [3.8, 4) is 11.5 Å². The number of hydrogen-bond donors (Lipinski definition) is 1. The van der Waals surface area contributed by atoms with Gasteiger partial charge in [-0.1, -0.05) is 55.9 Å². The molecule has 1 atom stereocenters. The fourth-order valence-electron chi connectivity index (χ4n) is 4.41. The summed E-state index contributed by atoms with van der Waals surface area (Å²) in [6.45, 7) is 8.66. The zero-order valence-electron chi connectivity index (χ0n) is 23.6. The van der Waals surface area contributed by atoms with Crippen molar-refractivity contribution >= 4 is 39.9 Å². The third kappa shape index (κ3) is 6.43. The number of aryl methyl sites for hydroxylation is 1. The lowest BCUT2D eigenvalue weighted by molar-refractivity contribution is -0.132. The van der Waals surface area contributed by atoms with Gasteiger partial charge in [0.25, 0.3) is 5.78 Å². The molecule has 1 fully saturated rings. The lowest BCUT2D eigenvalue weighted by Gasteiger charge is -2.23. The van der Waals surface area contributed by atoms with Crippen LogP contribution in [-0.2, 0) is 14.3 Å². The van der Waals surface area contributed by atoms with Crippen LogP contribution >= 0.6 is 11.3 Å². The van der Waals surface area contributed by atoms with Crippen molar-refractivity contribution in [3.63, 3.8) is 0 Å². The van der Waals surface area contributed by atoms with Crippen LogP contribution in [0.2, 0.25) is 0 Å². The molecule has 10 heteroatoms. The van der Waals surface area contributed by atoms with Gasteiger partial charge in [0.05, 0.1) is 37.1 Å². The van der Waals surface area contributed by atoms with E-state index >= 15 is 0 Å². The Kier molecular flexibility index (Phi) is 9.78. The van der Waals surface area contributed by atoms with E-state index in [2.05, 4.69) is 11.9 Å². The molecule has 4 rings (SSSR count). The van der Waals surface area contributed by atoms with Gasteiger partial charge in [0, 0.05) is 5.56 Å².